The van der Waals surface area contributed by atoms with E-state index in [9.17, 15) is 4.79 Å². The Bertz CT molecular complexity index is 803. The summed E-state index contributed by atoms with van der Waals surface area (Å²) in [7, 11) is 3.21. The van der Waals surface area contributed by atoms with E-state index in [0.717, 1.165) is 17.9 Å². The average Bonchev–Trinajstić information content (AvgIpc) is 3.42. The van der Waals surface area contributed by atoms with Gasteiger partial charge in [-0.15, -0.1) is 5.10 Å². The van der Waals surface area contributed by atoms with Crippen molar-refractivity contribution in [2.75, 3.05) is 20.0 Å². The molecular formula is C19H24N4O3S. The summed E-state index contributed by atoms with van der Waals surface area (Å²) < 4.78 is 10.6. The fourth-order valence-electron chi connectivity index (χ4n) is 4.18. The number of aromatic nitrogens is 3. The van der Waals surface area contributed by atoms with Crippen LogP contribution >= 0.6 is 11.8 Å². The van der Waals surface area contributed by atoms with E-state index < -0.39 is 0 Å². The highest BCUT2D eigenvalue weighted by Gasteiger charge is 2.40. The zero-order valence-electron chi connectivity index (χ0n) is 15.5. The smallest absolute Gasteiger partial charge is 0.230 e. The van der Waals surface area contributed by atoms with Gasteiger partial charge < -0.3 is 14.8 Å². The zero-order valence-corrected chi connectivity index (χ0v) is 16.3. The quantitative estimate of drug-likeness (QED) is 0.709. The third-order valence-corrected chi connectivity index (χ3v) is 6.35. The van der Waals surface area contributed by atoms with Crippen molar-refractivity contribution < 1.29 is 14.3 Å². The van der Waals surface area contributed by atoms with Gasteiger partial charge in [0.2, 0.25) is 11.1 Å². The van der Waals surface area contributed by atoms with Crippen molar-refractivity contribution in [3.63, 3.8) is 0 Å². The summed E-state index contributed by atoms with van der Waals surface area (Å²) in [6, 6.07) is 5.89. The maximum absolute atomic E-state index is 12.3. The average molecular weight is 388 g/mol. The van der Waals surface area contributed by atoms with Crippen molar-refractivity contribution in [3.8, 4) is 22.9 Å². The number of ether oxygens (including phenoxy) is 2. The van der Waals surface area contributed by atoms with Crippen molar-refractivity contribution in [3.05, 3.63) is 18.2 Å². The molecule has 7 nitrogen and oxygen atoms in total. The number of carbonyl (C=O) groups is 1. The van der Waals surface area contributed by atoms with Crippen molar-refractivity contribution in [2.45, 2.75) is 36.9 Å². The molecule has 0 radical (unpaired) electrons. The molecule has 2 bridgehead atoms. The van der Waals surface area contributed by atoms with E-state index in [1.54, 1.807) is 20.3 Å². The third-order valence-electron chi connectivity index (χ3n) is 5.51. The molecule has 2 aliphatic rings. The van der Waals surface area contributed by atoms with Crippen LogP contribution in [0.5, 0.6) is 11.5 Å². The Morgan fingerprint density at radius 1 is 1.22 bits per heavy atom. The van der Waals surface area contributed by atoms with Gasteiger partial charge in [0, 0.05) is 17.7 Å². The summed E-state index contributed by atoms with van der Waals surface area (Å²) in [4.78, 5) is 16.7. The minimum absolute atomic E-state index is 0.0620. The topological polar surface area (TPSA) is 89.1 Å². The normalized spacial score (nSPS) is 23.4. The monoisotopic (exact) mass is 388 g/mol. The maximum Gasteiger partial charge on any atom is 0.230 e. The van der Waals surface area contributed by atoms with Gasteiger partial charge >= 0.3 is 0 Å². The molecule has 2 N–H and O–H groups in total. The number of hydrogen-bond donors (Lipinski definition) is 2. The summed E-state index contributed by atoms with van der Waals surface area (Å²) in [5.41, 5.74) is 0.817. The van der Waals surface area contributed by atoms with Crippen LogP contribution in [0.2, 0.25) is 0 Å². The second-order valence-electron chi connectivity index (χ2n) is 7.21. The number of hydrogen-bond acceptors (Lipinski definition) is 6. The van der Waals surface area contributed by atoms with Crippen LogP contribution in [-0.2, 0) is 4.79 Å². The standard InChI is InChI=1S/C19H24N4O3S/c1-25-14-7-13(8-15(9-14)26-2)18-21-19(23-22-18)27-10-17(24)20-16-6-11-3-4-12(16)5-11/h7-9,11-12,16H,3-6,10H2,1-2H3,(H,20,24)(H,21,22,23)/t11-,12-,16-/m1/s1. The first-order chi connectivity index (χ1) is 13.1. The fourth-order valence-corrected chi connectivity index (χ4v) is 4.79. The lowest BCUT2D eigenvalue weighted by molar-refractivity contribution is -0.119. The van der Waals surface area contributed by atoms with E-state index in [1.807, 2.05) is 12.1 Å². The van der Waals surface area contributed by atoms with Crippen molar-refractivity contribution in [1.29, 1.82) is 0 Å². The SMILES string of the molecule is COc1cc(OC)cc(-c2nc(SCC(=O)N[C@@H]3C[C@@H]4CC[C@@H]3C4)n[nH]2)c1. The predicted octanol–water partition coefficient (Wildman–Crippen LogP) is 2.89. The van der Waals surface area contributed by atoms with Crippen LogP contribution in [0.3, 0.4) is 0 Å². The van der Waals surface area contributed by atoms with Crippen LogP contribution in [0, 0.1) is 11.8 Å². The number of nitrogens with one attached hydrogen (secondary N) is 2. The number of thioether (sulfide) groups is 1. The van der Waals surface area contributed by atoms with Gasteiger partial charge in [-0.1, -0.05) is 18.2 Å². The Morgan fingerprint density at radius 3 is 2.63 bits per heavy atom. The molecule has 1 amide bonds. The van der Waals surface area contributed by atoms with Crippen molar-refractivity contribution in [2.24, 2.45) is 11.8 Å². The molecule has 2 fully saturated rings. The van der Waals surface area contributed by atoms with Crippen LogP contribution in [0.25, 0.3) is 11.4 Å². The van der Waals surface area contributed by atoms with Crippen LogP contribution in [0.4, 0.5) is 0 Å². The van der Waals surface area contributed by atoms with E-state index in [1.165, 1.54) is 31.0 Å². The molecule has 4 rings (SSSR count). The second-order valence-corrected chi connectivity index (χ2v) is 8.15. The van der Waals surface area contributed by atoms with E-state index in [-0.39, 0.29) is 5.91 Å². The summed E-state index contributed by atoms with van der Waals surface area (Å²) in [6.45, 7) is 0. The van der Waals surface area contributed by atoms with Gasteiger partial charge in [-0.05, 0) is 43.2 Å². The lowest BCUT2D eigenvalue weighted by Gasteiger charge is -2.22. The van der Waals surface area contributed by atoms with Crippen LogP contribution in [0.1, 0.15) is 25.7 Å². The Hall–Kier alpha value is -2.22. The summed E-state index contributed by atoms with van der Waals surface area (Å²) >= 11 is 1.34. The Labute approximate surface area is 162 Å². The highest BCUT2D eigenvalue weighted by molar-refractivity contribution is 7.99. The molecule has 2 saturated carbocycles. The van der Waals surface area contributed by atoms with Gasteiger partial charge in [0.25, 0.3) is 0 Å². The largest absolute Gasteiger partial charge is 0.497 e. The van der Waals surface area contributed by atoms with Gasteiger partial charge in [-0.25, -0.2) is 4.98 Å². The Morgan fingerprint density at radius 2 is 2.00 bits per heavy atom. The molecule has 1 heterocycles. The Balaban J connectivity index is 1.35. The van der Waals surface area contributed by atoms with Crippen LogP contribution < -0.4 is 14.8 Å². The Kier molecular flexibility index (Phi) is 5.24. The minimum atomic E-state index is 0.0620. The summed E-state index contributed by atoms with van der Waals surface area (Å²) in [6.07, 6.45) is 5.02. The van der Waals surface area contributed by atoms with Crippen molar-refractivity contribution in [1.82, 2.24) is 20.5 Å². The van der Waals surface area contributed by atoms with E-state index in [0.29, 0.717) is 40.2 Å². The van der Waals surface area contributed by atoms with E-state index in [4.69, 9.17) is 9.47 Å². The van der Waals surface area contributed by atoms with Crippen molar-refractivity contribution >= 4 is 17.7 Å². The summed E-state index contributed by atoms with van der Waals surface area (Å²) in [5.74, 6) is 3.87. The maximum atomic E-state index is 12.3. The molecule has 0 saturated heterocycles. The molecule has 1 aromatic carbocycles. The molecule has 0 unspecified atom stereocenters. The van der Waals surface area contributed by atoms with Gasteiger partial charge in [0.1, 0.15) is 11.5 Å². The first kappa shape index (κ1) is 18.2. The number of rotatable bonds is 7. The molecular weight excluding hydrogens is 364 g/mol. The molecule has 0 spiro atoms. The number of aromatic amines is 1. The molecule has 27 heavy (non-hydrogen) atoms. The molecule has 3 atom stereocenters. The number of fused-ring (bicyclic) bond motifs is 2. The number of H-pyrrole nitrogens is 1. The second kappa shape index (κ2) is 7.80. The minimum Gasteiger partial charge on any atom is -0.497 e. The zero-order chi connectivity index (χ0) is 18.8. The van der Waals surface area contributed by atoms with E-state index >= 15 is 0 Å². The van der Waals surface area contributed by atoms with Gasteiger partial charge in [0.15, 0.2) is 5.82 Å². The highest BCUT2D eigenvalue weighted by Crippen LogP contribution is 2.44. The fraction of sp³-hybridized carbons (Fsp3) is 0.526. The van der Waals surface area contributed by atoms with Crippen LogP contribution in [-0.4, -0.2) is 47.1 Å². The number of amides is 1. The summed E-state index contributed by atoms with van der Waals surface area (Å²) in [5, 5.41) is 10.9. The lowest BCUT2D eigenvalue weighted by atomic mass is 9.95. The number of methoxy groups -OCH3 is 2. The molecule has 0 aliphatic heterocycles. The van der Waals surface area contributed by atoms with Crippen LogP contribution in [0.15, 0.2) is 23.4 Å². The molecule has 1 aromatic heterocycles. The molecule has 2 aromatic rings. The van der Waals surface area contributed by atoms with Gasteiger partial charge in [-0.2, -0.15) is 0 Å². The lowest BCUT2D eigenvalue weighted by Crippen LogP contribution is -2.39. The molecule has 144 valence electrons. The molecule has 8 heteroatoms. The van der Waals surface area contributed by atoms with Gasteiger partial charge in [0.05, 0.1) is 20.0 Å². The number of benzene rings is 1. The predicted molar refractivity (Wildman–Crippen MR) is 103 cm³/mol. The number of carbonyl (C=O) groups excluding carboxylic acids is 1. The van der Waals surface area contributed by atoms with E-state index in [2.05, 4.69) is 20.5 Å². The molecule has 2 aliphatic carbocycles. The first-order valence-electron chi connectivity index (χ1n) is 9.22. The highest BCUT2D eigenvalue weighted by atomic mass is 32.2. The third kappa shape index (κ3) is 4.05. The first-order valence-corrected chi connectivity index (χ1v) is 10.2. The number of nitrogens with zero attached hydrogens (tertiary/aromatic N) is 2. The van der Waals surface area contributed by atoms with Gasteiger partial charge in [-0.3, -0.25) is 9.89 Å².